The van der Waals surface area contributed by atoms with E-state index in [2.05, 4.69) is 5.32 Å². The van der Waals surface area contributed by atoms with E-state index in [4.69, 9.17) is 9.47 Å². The standard InChI is InChI=1S/C16H19NO2/c1-11-5-7-13(15(9-11)18-3)17-14-8-6-12(2)10-16(14)19-4/h5-10,17H,1-4H3. The van der Waals surface area contributed by atoms with Crippen molar-refractivity contribution in [2.75, 3.05) is 19.5 Å². The van der Waals surface area contributed by atoms with Gasteiger partial charge in [0, 0.05) is 0 Å². The quantitative estimate of drug-likeness (QED) is 0.895. The van der Waals surface area contributed by atoms with Gasteiger partial charge in [0.15, 0.2) is 0 Å². The Kier molecular flexibility index (Phi) is 3.95. The lowest BCUT2D eigenvalue weighted by molar-refractivity contribution is 0.414. The van der Waals surface area contributed by atoms with E-state index in [1.807, 2.05) is 50.2 Å². The van der Waals surface area contributed by atoms with Crippen LogP contribution in [0.5, 0.6) is 11.5 Å². The number of hydrogen-bond donors (Lipinski definition) is 1. The Morgan fingerprint density at radius 3 is 1.53 bits per heavy atom. The molecule has 0 aliphatic carbocycles. The van der Waals surface area contributed by atoms with Gasteiger partial charge in [0.05, 0.1) is 25.6 Å². The highest BCUT2D eigenvalue weighted by molar-refractivity contribution is 5.71. The summed E-state index contributed by atoms with van der Waals surface area (Å²) < 4.78 is 10.8. The van der Waals surface area contributed by atoms with Crippen LogP contribution < -0.4 is 14.8 Å². The minimum absolute atomic E-state index is 0.822. The molecule has 0 saturated carbocycles. The summed E-state index contributed by atoms with van der Waals surface area (Å²) in [6.45, 7) is 4.08. The van der Waals surface area contributed by atoms with Crippen LogP contribution in [-0.4, -0.2) is 14.2 Å². The fraction of sp³-hybridized carbons (Fsp3) is 0.250. The lowest BCUT2D eigenvalue weighted by Gasteiger charge is -2.15. The van der Waals surface area contributed by atoms with E-state index in [1.54, 1.807) is 14.2 Å². The first-order chi connectivity index (χ1) is 9.13. The summed E-state index contributed by atoms with van der Waals surface area (Å²) in [6, 6.07) is 12.1. The van der Waals surface area contributed by atoms with Crippen LogP contribution in [0.1, 0.15) is 11.1 Å². The Labute approximate surface area is 114 Å². The van der Waals surface area contributed by atoms with Crippen LogP contribution >= 0.6 is 0 Å². The van der Waals surface area contributed by atoms with Crippen molar-refractivity contribution < 1.29 is 9.47 Å². The predicted molar refractivity (Wildman–Crippen MR) is 78.7 cm³/mol. The largest absolute Gasteiger partial charge is 0.495 e. The van der Waals surface area contributed by atoms with Crippen molar-refractivity contribution in [2.45, 2.75) is 13.8 Å². The molecule has 3 heteroatoms. The molecule has 0 atom stereocenters. The minimum Gasteiger partial charge on any atom is -0.495 e. The number of aryl methyl sites for hydroxylation is 2. The van der Waals surface area contributed by atoms with Crippen molar-refractivity contribution in [2.24, 2.45) is 0 Å². The van der Waals surface area contributed by atoms with Gasteiger partial charge in [0.25, 0.3) is 0 Å². The van der Waals surface area contributed by atoms with Crippen molar-refractivity contribution in [3.05, 3.63) is 47.5 Å². The van der Waals surface area contributed by atoms with E-state index in [1.165, 1.54) is 11.1 Å². The molecule has 1 N–H and O–H groups in total. The third-order valence-electron chi connectivity index (χ3n) is 2.98. The summed E-state index contributed by atoms with van der Waals surface area (Å²) in [5.74, 6) is 1.64. The zero-order chi connectivity index (χ0) is 13.8. The maximum Gasteiger partial charge on any atom is 0.142 e. The Morgan fingerprint density at radius 1 is 0.737 bits per heavy atom. The number of hydrogen-bond acceptors (Lipinski definition) is 3. The fourth-order valence-corrected chi connectivity index (χ4v) is 1.95. The van der Waals surface area contributed by atoms with Gasteiger partial charge in [-0.3, -0.25) is 0 Å². The topological polar surface area (TPSA) is 30.5 Å². The van der Waals surface area contributed by atoms with Gasteiger partial charge in [-0.25, -0.2) is 0 Å². The first kappa shape index (κ1) is 13.3. The van der Waals surface area contributed by atoms with Gasteiger partial charge in [-0.15, -0.1) is 0 Å². The number of ether oxygens (including phenoxy) is 2. The molecule has 2 rings (SSSR count). The lowest BCUT2D eigenvalue weighted by Crippen LogP contribution is -1.97. The van der Waals surface area contributed by atoms with Crippen LogP contribution in [-0.2, 0) is 0 Å². The van der Waals surface area contributed by atoms with Crippen LogP contribution in [0, 0.1) is 13.8 Å². The molecule has 19 heavy (non-hydrogen) atoms. The summed E-state index contributed by atoms with van der Waals surface area (Å²) in [7, 11) is 3.35. The van der Waals surface area contributed by atoms with Crippen molar-refractivity contribution in [1.82, 2.24) is 0 Å². The minimum atomic E-state index is 0.822. The van der Waals surface area contributed by atoms with Crippen molar-refractivity contribution in [3.8, 4) is 11.5 Å². The maximum absolute atomic E-state index is 5.39. The Hall–Kier alpha value is -2.16. The average Bonchev–Trinajstić information content (AvgIpc) is 2.42. The fourth-order valence-electron chi connectivity index (χ4n) is 1.95. The molecule has 0 saturated heterocycles. The highest BCUT2D eigenvalue weighted by atomic mass is 16.5. The van der Waals surface area contributed by atoms with Crippen LogP contribution in [0.3, 0.4) is 0 Å². The van der Waals surface area contributed by atoms with E-state index in [9.17, 15) is 0 Å². The molecule has 0 aliphatic heterocycles. The van der Waals surface area contributed by atoms with Gasteiger partial charge in [-0.2, -0.15) is 0 Å². The third-order valence-corrected chi connectivity index (χ3v) is 2.98. The molecule has 2 aromatic carbocycles. The normalized spacial score (nSPS) is 10.1. The van der Waals surface area contributed by atoms with E-state index in [-0.39, 0.29) is 0 Å². The summed E-state index contributed by atoms with van der Waals surface area (Å²) in [5, 5.41) is 3.35. The maximum atomic E-state index is 5.39. The number of benzene rings is 2. The second-order valence-corrected chi connectivity index (χ2v) is 4.53. The van der Waals surface area contributed by atoms with E-state index < -0.39 is 0 Å². The Morgan fingerprint density at radius 2 is 1.16 bits per heavy atom. The Bertz CT molecular complexity index is 527. The van der Waals surface area contributed by atoms with E-state index in [0.717, 1.165) is 22.9 Å². The van der Waals surface area contributed by atoms with Gasteiger partial charge in [-0.05, 0) is 49.2 Å². The highest BCUT2D eigenvalue weighted by Gasteiger charge is 2.07. The molecule has 0 heterocycles. The Balaban J connectivity index is 2.36. The number of rotatable bonds is 4. The predicted octanol–water partition coefficient (Wildman–Crippen LogP) is 4.06. The molecule has 3 nitrogen and oxygen atoms in total. The van der Waals surface area contributed by atoms with E-state index >= 15 is 0 Å². The third kappa shape index (κ3) is 2.99. The van der Waals surface area contributed by atoms with Gasteiger partial charge in [0.2, 0.25) is 0 Å². The summed E-state index contributed by atoms with van der Waals surface area (Å²) in [4.78, 5) is 0. The second kappa shape index (κ2) is 5.65. The highest BCUT2D eigenvalue weighted by Crippen LogP contribution is 2.33. The van der Waals surface area contributed by atoms with Gasteiger partial charge in [0.1, 0.15) is 11.5 Å². The molecule has 0 spiro atoms. The van der Waals surface area contributed by atoms with Gasteiger partial charge >= 0.3 is 0 Å². The summed E-state index contributed by atoms with van der Waals surface area (Å²) in [6.07, 6.45) is 0. The first-order valence-electron chi connectivity index (χ1n) is 6.20. The molecule has 0 radical (unpaired) electrons. The summed E-state index contributed by atoms with van der Waals surface area (Å²) in [5.41, 5.74) is 4.18. The molecular formula is C16H19NO2. The van der Waals surface area contributed by atoms with Crippen molar-refractivity contribution in [3.63, 3.8) is 0 Å². The first-order valence-corrected chi connectivity index (χ1v) is 6.20. The lowest BCUT2D eigenvalue weighted by atomic mass is 10.1. The zero-order valence-electron chi connectivity index (χ0n) is 11.8. The van der Waals surface area contributed by atoms with Crippen LogP contribution in [0.15, 0.2) is 36.4 Å². The van der Waals surface area contributed by atoms with Crippen molar-refractivity contribution >= 4 is 11.4 Å². The SMILES string of the molecule is COc1cc(C)ccc1Nc1ccc(C)cc1OC. The molecule has 0 bridgehead atoms. The number of anilines is 2. The monoisotopic (exact) mass is 257 g/mol. The average molecular weight is 257 g/mol. The molecule has 0 aliphatic rings. The number of methoxy groups -OCH3 is 2. The molecule has 0 unspecified atom stereocenters. The smallest absolute Gasteiger partial charge is 0.142 e. The molecule has 2 aromatic rings. The van der Waals surface area contributed by atoms with Crippen molar-refractivity contribution in [1.29, 1.82) is 0 Å². The second-order valence-electron chi connectivity index (χ2n) is 4.53. The van der Waals surface area contributed by atoms with Gasteiger partial charge in [-0.1, -0.05) is 12.1 Å². The summed E-state index contributed by atoms with van der Waals surface area (Å²) >= 11 is 0. The zero-order valence-corrected chi connectivity index (χ0v) is 11.8. The molecule has 0 amide bonds. The van der Waals surface area contributed by atoms with Crippen LogP contribution in [0.4, 0.5) is 11.4 Å². The molecule has 100 valence electrons. The van der Waals surface area contributed by atoms with E-state index in [0.29, 0.717) is 0 Å². The molecule has 0 fully saturated rings. The molecule has 0 aromatic heterocycles. The van der Waals surface area contributed by atoms with Gasteiger partial charge < -0.3 is 14.8 Å². The number of nitrogens with one attached hydrogen (secondary N) is 1. The van der Waals surface area contributed by atoms with Crippen LogP contribution in [0.2, 0.25) is 0 Å². The van der Waals surface area contributed by atoms with Crippen LogP contribution in [0.25, 0.3) is 0 Å². The molecular weight excluding hydrogens is 238 g/mol.